The second kappa shape index (κ2) is 6.70. The van der Waals surface area contributed by atoms with E-state index in [0.29, 0.717) is 0 Å². The van der Waals surface area contributed by atoms with Gasteiger partial charge in [-0.1, -0.05) is 25.1 Å². The summed E-state index contributed by atoms with van der Waals surface area (Å²) in [5, 5.41) is 0. The number of rotatable bonds is 3. The summed E-state index contributed by atoms with van der Waals surface area (Å²) in [6.07, 6.45) is 0. The molecule has 0 fully saturated rings. The lowest BCUT2D eigenvalue weighted by molar-refractivity contribution is 1.03. The van der Waals surface area contributed by atoms with Crippen molar-refractivity contribution in [3.63, 3.8) is 0 Å². The summed E-state index contributed by atoms with van der Waals surface area (Å²) in [5.74, 6) is 0. The van der Waals surface area contributed by atoms with Crippen molar-refractivity contribution in [2.75, 3.05) is 6.54 Å². The molecule has 0 spiro atoms. The third kappa shape index (κ3) is 4.45. The van der Waals surface area contributed by atoms with E-state index in [-0.39, 0.29) is 17.0 Å². The van der Waals surface area contributed by atoms with Gasteiger partial charge in [-0.3, -0.25) is 4.72 Å². The van der Waals surface area contributed by atoms with E-state index in [1.807, 2.05) is 18.2 Å². The number of benzene rings is 1. The number of hydrogen-bond donors (Lipinski definition) is 1. The Morgan fingerprint density at radius 2 is 1.91 bits per heavy atom. The molecular weight excluding hydrogens is 222 g/mol. The summed E-state index contributed by atoms with van der Waals surface area (Å²) < 4.78 is 3.18. The Morgan fingerprint density at radius 1 is 1.27 bits per heavy atom. The molecule has 0 aliphatic heterocycles. The molecule has 0 unspecified atom stereocenters. The molecule has 1 rings (SSSR count). The molecule has 1 N–H and O–H groups in total. The van der Waals surface area contributed by atoms with Crippen LogP contribution in [-0.4, -0.2) is 6.54 Å². The first-order chi connectivity index (χ1) is 4.93. The Morgan fingerprint density at radius 3 is 2.45 bits per heavy atom. The maximum Gasteiger partial charge on any atom is 0.0228 e. The van der Waals surface area contributed by atoms with Crippen LogP contribution in [0.4, 0.5) is 0 Å². The van der Waals surface area contributed by atoms with Crippen LogP contribution in [0.5, 0.6) is 0 Å². The van der Waals surface area contributed by atoms with E-state index in [9.17, 15) is 0 Å². The van der Waals surface area contributed by atoms with Crippen molar-refractivity contribution < 1.29 is 0 Å². The largest absolute Gasteiger partial charge is 0.260 e. The molecule has 0 bridgehead atoms. The topological polar surface area (TPSA) is 12.0 Å². The Balaban J connectivity index is 0.000001000. The van der Waals surface area contributed by atoms with Crippen molar-refractivity contribution in [1.82, 2.24) is 4.72 Å². The predicted octanol–water partition coefficient (Wildman–Crippen LogP) is 2.88. The van der Waals surface area contributed by atoms with Gasteiger partial charge in [0.05, 0.1) is 0 Å². The Hall–Kier alpha value is 0.0100. The van der Waals surface area contributed by atoms with E-state index in [0.717, 1.165) is 6.54 Å². The fourth-order valence-electron chi connectivity index (χ4n) is 0.644. The SMILES string of the molecule is Br.CCNSc1ccccc1. The quantitative estimate of drug-likeness (QED) is 0.807. The van der Waals surface area contributed by atoms with Crippen molar-refractivity contribution in [1.29, 1.82) is 0 Å². The Kier molecular flexibility index (Phi) is 6.71. The van der Waals surface area contributed by atoms with Gasteiger partial charge in [-0.25, -0.2) is 0 Å². The van der Waals surface area contributed by atoms with Gasteiger partial charge in [0.2, 0.25) is 0 Å². The van der Waals surface area contributed by atoms with Crippen LogP contribution >= 0.6 is 28.9 Å². The summed E-state index contributed by atoms with van der Waals surface area (Å²) >= 11 is 1.67. The van der Waals surface area contributed by atoms with Crippen LogP contribution in [-0.2, 0) is 0 Å². The number of halogens is 1. The zero-order valence-corrected chi connectivity index (χ0v) is 8.94. The van der Waals surface area contributed by atoms with E-state index in [1.54, 1.807) is 11.9 Å². The molecule has 11 heavy (non-hydrogen) atoms. The van der Waals surface area contributed by atoms with Gasteiger partial charge in [0.1, 0.15) is 0 Å². The fraction of sp³-hybridized carbons (Fsp3) is 0.250. The average Bonchev–Trinajstić information content (AvgIpc) is 2.03. The first-order valence-corrected chi connectivity index (χ1v) is 4.20. The summed E-state index contributed by atoms with van der Waals surface area (Å²) in [7, 11) is 0. The molecule has 1 aromatic rings. The van der Waals surface area contributed by atoms with E-state index in [1.165, 1.54) is 4.90 Å². The maximum atomic E-state index is 3.18. The van der Waals surface area contributed by atoms with Crippen molar-refractivity contribution >= 4 is 28.9 Å². The smallest absolute Gasteiger partial charge is 0.0228 e. The molecule has 0 amide bonds. The summed E-state index contributed by atoms with van der Waals surface area (Å²) in [6, 6.07) is 10.3. The van der Waals surface area contributed by atoms with Gasteiger partial charge in [0.15, 0.2) is 0 Å². The van der Waals surface area contributed by atoms with Gasteiger partial charge >= 0.3 is 0 Å². The van der Waals surface area contributed by atoms with Crippen LogP contribution in [0.3, 0.4) is 0 Å². The van der Waals surface area contributed by atoms with Crippen LogP contribution in [0.15, 0.2) is 35.2 Å². The van der Waals surface area contributed by atoms with E-state index in [4.69, 9.17) is 0 Å². The zero-order chi connectivity index (χ0) is 7.23. The van der Waals surface area contributed by atoms with E-state index >= 15 is 0 Å². The molecule has 0 saturated heterocycles. The highest BCUT2D eigenvalue weighted by atomic mass is 79.9. The molecule has 0 aromatic heterocycles. The molecule has 0 radical (unpaired) electrons. The van der Waals surface area contributed by atoms with Gasteiger partial charge in [0, 0.05) is 11.4 Å². The van der Waals surface area contributed by atoms with Gasteiger partial charge < -0.3 is 0 Å². The molecule has 1 nitrogen and oxygen atoms in total. The van der Waals surface area contributed by atoms with Crippen molar-refractivity contribution in [3.8, 4) is 0 Å². The normalized spacial score (nSPS) is 8.82. The second-order valence-corrected chi connectivity index (χ2v) is 2.88. The summed E-state index contributed by atoms with van der Waals surface area (Å²) in [4.78, 5) is 1.27. The minimum absolute atomic E-state index is 0. The standard InChI is InChI=1S/C8H11NS.BrH/c1-2-9-10-8-6-4-3-5-7-8;/h3-7,9H,2H2,1H3;1H. The predicted molar refractivity (Wildman–Crippen MR) is 56.3 cm³/mol. The highest BCUT2D eigenvalue weighted by molar-refractivity contribution is 8.93. The van der Waals surface area contributed by atoms with Crippen LogP contribution < -0.4 is 4.72 Å². The zero-order valence-electron chi connectivity index (χ0n) is 6.41. The molecule has 0 aliphatic rings. The fourth-order valence-corrected chi connectivity index (χ4v) is 1.25. The van der Waals surface area contributed by atoms with Gasteiger partial charge in [-0.05, 0) is 24.1 Å². The molecule has 0 saturated carbocycles. The molecule has 1 aromatic carbocycles. The highest BCUT2D eigenvalue weighted by Gasteiger charge is 1.86. The van der Waals surface area contributed by atoms with E-state index < -0.39 is 0 Å². The molecule has 3 heteroatoms. The molecular formula is C8H12BrNS. The summed E-state index contributed by atoms with van der Waals surface area (Å²) in [5.41, 5.74) is 0. The van der Waals surface area contributed by atoms with Gasteiger partial charge in [0.25, 0.3) is 0 Å². The third-order valence-corrected chi connectivity index (χ3v) is 2.02. The first kappa shape index (κ1) is 11.0. The van der Waals surface area contributed by atoms with Crippen molar-refractivity contribution in [3.05, 3.63) is 30.3 Å². The molecule has 0 aliphatic carbocycles. The first-order valence-electron chi connectivity index (χ1n) is 3.38. The van der Waals surface area contributed by atoms with Crippen molar-refractivity contribution in [2.24, 2.45) is 0 Å². The third-order valence-electron chi connectivity index (χ3n) is 1.08. The van der Waals surface area contributed by atoms with Gasteiger partial charge in [-0.2, -0.15) is 0 Å². The Bertz CT molecular complexity index is 179. The second-order valence-electron chi connectivity index (χ2n) is 1.91. The number of nitrogens with one attached hydrogen (secondary N) is 1. The number of hydrogen-bond acceptors (Lipinski definition) is 2. The van der Waals surface area contributed by atoms with Crippen LogP contribution in [0, 0.1) is 0 Å². The van der Waals surface area contributed by atoms with Crippen LogP contribution in [0.25, 0.3) is 0 Å². The highest BCUT2D eigenvalue weighted by Crippen LogP contribution is 2.11. The molecule has 62 valence electrons. The molecule has 0 atom stereocenters. The minimum atomic E-state index is 0. The summed E-state index contributed by atoms with van der Waals surface area (Å²) in [6.45, 7) is 3.09. The Labute approximate surface area is 82.5 Å². The monoisotopic (exact) mass is 233 g/mol. The lowest BCUT2D eigenvalue weighted by Gasteiger charge is -1.98. The molecule has 0 heterocycles. The lowest BCUT2D eigenvalue weighted by atomic mass is 10.4. The average molecular weight is 234 g/mol. The van der Waals surface area contributed by atoms with E-state index in [2.05, 4.69) is 23.8 Å². The minimum Gasteiger partial charge on any atom is -0.260 e. The maximum absolute atomic E-state index is 3.18. The van der Waals surface area contributed by atoms with Crippen molar-refractivity contribution in [2.45, 2.75) is 11.8 Å². The lowest BCUT2D eigenvalue weighted by Crippen LogP contribution is -1.99. The van der Waals surface area contributed by atoms with Crippen LogP contribution in [0.1, 0.15) is 6.92 Å². The van der Waals surface area contributed by atoms with Gasteiger partial charge in [-0.15, -0.1) is 17.0 Å². The van der Waals surface area contributed by atoms with Crippen LogP contribution in [0.2, 0.25) is 0 Å².